The molecule has 1 fully saturated rings. The summed E-state index contributed by atoms with van der Waals surface area (Å²) in [6.45, 7) is 7.48. The smallest absolute Gasteiger partial charge is 0.240 e. The van der Waals surface area contributed by atoms with E-state index in [1.807, 2.05) is 26.0 Å². The maximum absolute atomic E-state index is 12.9. The van der Waals surface area contributed by atoms with Crippen molar-refractivity contribution >= 4 is 12.4 Å². The van der Waals surface area contributed by atoms with Crippen LogP contribution in [0.3, 0.4) is 0 Å². The van der Waals surface area contributed by atoms with Crippen molar-refractivity contribution in [1.29, 1.82) is 0 Å². The molecule has 5 heteroatoms. The van der Waals surface area contributed by atoms with Crippen molar-refractivity contribution in [3.63, 3.8) is 0 Å². The van der Waals surface area contributed by atoms with Gasteiger partial charge in [-0.05, 0) is 25.0 Å². The number of hydrogen-bond acceptors (Lipinski definition) is 2. The van der Waals surface area contributed by atoms with Crippen LogP contribution in [-0.2, 0) is 0 Å². The number of rotatable bonds is 4. The maximum Gasteiger partial charge on any atom is 0.240 e. The molecule has 0 radical (unpaired) electrons. The van der Waals surface area contributed by atoms with E-state index in [1.54, 1.807) is 0 Å². The van der Waals surface area contributed by atoms with Gasteiger partial charge in [0.25, 0.3) is 0 Å². The number of alkyl halides is 2. The Balaban J connectivity index is 0.00000200. The molecule has 2 nitrogen and oxygen atoms in total. The Kier molecular flexibility index (Phi) is 6.86. The number of aryl methyl sites for hydroxylation is 2. The molecule has 1 aromatic rings. The van der Waals surface area contributed by atoms with Crippen LogP contribution in [0.2, 0.25) is 0 Å². The molecular weight excluding hydrogens is 282 g/mol. The van der Waals surface area contributed by atoms with Crippen LogP contribution in [0, 0.1) is 13.8 Å². The molecule has 1 N–H and O–H groups in total. The fourth-order valence-electron chi connectivity index (χ4n) is 2.83. The number of benzene rings is 1. The van der Waals surface area contributed by atoms with Crippen LogP contribution < -0.4 is 5.32 Å². The summed E-state index contributed by atoms with van der Waals surface area (Å²) in [7, 11) is 0. The zero-order valence-electron chi connectivity index (χ0n) is 12.0. The lowest BCUT2D eigenvalue weighted by Crippen LogP contribution is -2.45. The van der Waals surface area contributed by atoms with Crippen molar-refractivity contribution in [3.05, 3.63) is 34.9 Å². The molecule has 114 valence electrons. The van der Waals surface area contributed by atoms with Crippen LogP contribution in [0.5, 0.6) is 0 Å². The fourth-order valence-corrected chi connectivity index (χ4v) is 2.83. The minimum Gasteiger partial charge on any atom is -0.314 e. The number of hydrogen-bond donors (Lipinski definition) is 1. The summed E-state index contributed by atoms with van der Waals surface area (Å²) >= 11 is 0. The average Bonchev–Trinajstić information content (AvgIpc) is 2.37. The fraction of sp³-hybridized carbons (Fsp3) is 0.600. The van der Waals surface area contributed by atoms with Gasteiger partial charge in [0.15, 0.2) is 0 Å². The summed E-state index contributed by atoms with van der Waals surface area (Å²) in [5.74, 6) is 0. The van der Waals surface area contributed by atoms with Crippen molar-refractivity contribution in [2.24, 2.45) is 0 Å². The first-order valence-corrected chi connectivity index (χ1v) is 6.88. The largest absolute Gasteiger partial charge is 0.314 e. The van der Waals surface area contributed by atoms with Gasteiger partial charge in [-0.2, -0.15) is 0 Å². The lowest BCUT2D eigenvalue weighted by atomic mass is 9.95. The third-order valence-electron chi connectivity index (χ3n) is 3.78. The van der Waals surface area contributed by atoms with Gasteiger partial charge in [-0.25, -0.2) is 8.78 Å². The maximum atomic E-state index is 12.9. The standard InChI is InChI=1S/C15H22F2N2.ClH/c1-11-3-4-13(12(2)9-11)14(10-15(16)17)19-7-5-18-6-8-19;/h3-4,9,14-15,18H,5-8,10H2,1-2H3;1H/t14-;/m0./s1. The van der Waals surface area contributed by atoms with E-state index < -0.39 is 6.43 Å². The third-order valence-corrected chi connectivity index (χ3v) is 3.78. The molecule has 1 aromatic carbocycles. The SMILES string of the molecule is Cc1ccc([C@H](CC(F)F)N2CCNCC2)c(C)c1.Cl. The topological polar surface area (TPSA) is 15.3 Å². The zero-order chi connectivity index (χ0) is 13.8. The van der Waals surface area contributed by atoms with E-state index in [0.717, 1.165) is 37.3 Å². The predicted molar refractivity (Wildman–Crippen MR) is 81.0 cm³/mol. The summed E-state index contributed by atoms with van der Waals surface area (Å²) in [5.41, 5.74) is 3.34. The molecule has 0 aliphatic carbocycles. The van der Waals surface area contributed by atoms with Crippen LogP contribution in [0.25, 0.3) is 0 Å². The Morgan fingerprint density at radius 2 is 1.85 bits per heavy atom. The molecular formula is C15H23ClF2N2. The highest BCUT2D eigenvalue weighted by molar-refractivity contribution is 5.85. The number of nitrogens with one attached hydrogen (secondary N) is 1. The first kappa shape index (κ1) is 17.3. The van der Waals surface area contributed by atoms with Crippen LogP contribution in [0.4, 0.5) is 8.78 Å². The Labute approximate surface area is 126 Å². The first-order valence-electron chi connectivity index (χ1n) is 6.88. The highest BCUT2D eigenvalue weighted by atomic mass is 35.5. The average molecular weight is 305 g/mol. The van der Waals surface area contributed by atoms with Gasteiger partial charge in [-0.3, -0.25) is 4.90 Å². The van der Waals surface area contributed by atoms with Gasteiger partial charge in [0, 0.05) is 38.6 Å². The number of piperazine rings is 1. The summed E-state index contributed by atoms with van der Waals surface area (Å²) in [6.07, 6.45) is -2.34. The minimum absolute atomic E-state index is 0. The van der Waals surface area contributed by atoms with Gasteiger partial charge >= 0.3 is 0 Å². The molecule has 1 atom stereocenters. The molecule has 0 unspecified atom stereocenters. The molecule has 0 saturated carbocycles. The van der Waals surface area contributed by atoms with Gasteiger partial charge in [0.1, 0.15) is 0 Å². The first-order chi connectivity index (χ1) is 9.08. The van der Waals surface area contributed by atoms with Gasteiger partial charge in [-0.1, -0.05) is 23.8 Å². The normalized spacial score (nSPS) is 17.9. The Hall–Kier alpha value is -0.710. The van der Waals surface area contributed by atoms with Gasteiger partial charge < -0.3 is 5.32 Å². The molecule has 0 amide bonds. The zero-order valence-corrected chi connectivity index (χ0v) is 12.9. The molecule has 0 bridgehead atoms. The van der Waals surface area contributed by atoms with Gasteiger partial charge in [0.2, 0.25) is 6.43 Å². The summed E-state index contributed by atoms with van der Waals surface area (Å²) in [4.78, 5) is 2.18. The quantitative estimate of drug-likeness (QED) is 0.918. The van der Waals surface area contributed by atoms with E-state index in [0.29, 0.717) is 0 Å². The molecule has 1 aliphatic rings. The monoisotopic (exact) mass is 304 g/mol. The van der Waals surface area contributed by atoms with Crippen LogP contribution in [-0.4, -0.2) is 37.5 Å². The second-order valence-corrected chi connectivity index (χ2v) is 5.29. The van der Waals surface area contributed by atoms with Crippen molar-refractivity contribution < 1.29 is 8.78 Å². The van der Waals surface area contributed by atoms with Crippen molar-refractivity contribution in [2.75, 3.05) is 26.2 Å². The third kappa shape index (κ3) is 4.40. The van der Waals surface area contributed by atoms with Crippen LogP contribution in [0.1, 0.15) is 29.2 Å². The van der Waals surface area contributed by atoms with Crippen molar-refractivity contribution in [3.8, 4) is 0 Å². The predicted octanol–water partition coefficient (Wildman–Crippen LogP) is 3.33. The summed E-state index contributed by atoms with van der Waals surface area (Å²) < 4.78 is 25.8. The van der Waals surface area contributed by atoms with E-state index in [4.69, 9.17) is 0 Å². The van der Waals surface area contributed by atoms with Gasteiger partial charge in [-0.15, -0.1) is 12.4 Å². The Morgan fingerprint density at radius 3 is 2.40 bits per heavy atom. The highest BCUT2D eigenvalue weighted by Gasteiger charge is 2.26. The Morgan fingerprint density at radius 1 is 1.20 bits per heavy atom. The summed E-state index contributed by atoms with van der Waals surface area (Å²) in [5, 5.41) is 3.27. The van der Waals surface area contributed by atoms with Crippen LogP contribution in [0.15, 0.2) is 18.2 Å². The van der Waals surface area contributed by atoms with E-state index in [1.165, 1.54) is 5.56 Å². The molecule has 2 rings (SSSR count). The van der Waals surface area contributed by atoms with Gasteiger partial charge in [0.05, 0.1) is 0 Å². The second kappa shape index (κ2) is 7.91. The molecule has 0 aromatic heterocycles. The molecule has 1 saturated heterocycles. The lowest BCUT2D eigenvalue weighted by Gasteiger charge is -2.36. The van der Waals surface area contributed by atoms with Crippen molar-refractivity contribution in [1.82, 2.24) is 10.2 Å². The highest BCUT2D eigenvalue weighted by Crippen LogP contribution is 2.30. The van der Waals surface area contributed by atoms with E-state index in [2.05, 4.69) is 16.3 Å². The van der Waals surface area contributed by atoms with Crippen molar-refractivity contribution in [2.45, 2.75) is 32.7 Å². The summed E-state index contributed by atoms with van der Waals surface area (Å²) in [6, 6.07) is 5.95. The van der Waals surface area contributed by atoms with E-state index in [-0.39, 0.29) is 24.9 Å². The lowest BCUT2D eigenvalue weighted by molar-refractivity contribution is 0.0737. The molecule has 1 heterocycles. The molecule has 0 spiro atoms. The van der Waals surface area contributed by atoms with E-state index >= 15 is 0 Å². The number of nitrogens with zero attached hydrogens (tertiary/aromatic N) is 1. The number of halogens is 3. The molecule has 1 aliphatic heterocycles. The van der Waals surface area contributed by atoms with Crippen LogP contribution >= 0.6 is 12.4 Å². The Bertz CT molecular complexity index is 420. The second-order valence-electron chi connectivity index (χ2n) is 5.29. The molecule has 20 heavy (non-hydrogen) atoms. The van der Waals surface area contributed by atoms with E-state index in [9.17, 15) is 8.78 Å². The minimum atomic E-state index is -2.26.